The minimum absolute atomic E-state index is 0.00130. The maximum atomic E-state index is 13.1. The van der Waals surface area contributed by atoms with E-state index in [-0.39, 0.29) is 22.4 Å². The summed E-state index contributed by atoms with van der Waals surface area (Å²) in [5.74, 6) is 0. The number of sulfonamides is 1. The van der Waals surface area contributed by atoms with Crippen molar-refractivity contribution in [2.75, 3.05) is 13.2 Å². The van der Waals surface area contributed by atoms with Crippen LogP contribution in [-0.2, 0) is 24.8 Å². The van der Waals surface area contributed by atoms with Crippen molar-refractivity contribution < 1.29 is 21.6 Å². The molecule has 160 valence electrons. The first-order valence-electron chi connectivity index (χ1n) is 9.60. The summed E-state index contributed by atoms with van der Waals surface area (Å²) in [6.07, 6.45) is 2.88. The molecule has 1 N–H and O–H groups in total. The van der Waals surface area contributed by atoms with Gasteiger partial charge >= 0.3 is 0 Å². The van der Waals surface area contributed by atoms with E-state index >= 15 is 0 Å². The zero-order valence-electron chi connectivity index (χ0n) is 16.7. The fourth-order valence-electron chi connectivity index (χ4n) is 3.43. The van der Waals surface area contributed by atoms with Crippen LogP contribution in [0.15, 0.2) is 52.5 Å². The Morgan fingerprint density at radius 1 is 1.07 bits per heavy atom. The largest absolute Gasteiger partial charge is 0.377 e. The Morgan fingerprint density at radius 2 is 1.73 bits per heavy atom. The molecular formula is C20H23N3O5S2. The lowest BCUT2D eigenvalue weighted by Crippen LogP contribution is -2.31. The van der Waals surface area contributed by atoms with E-state index in [2.05, 4.69) is 9.71 Å². The summed E-state index contributed by atoms with van der Waals surface area (Å²) in [5, 5.41) is 0. The first-order chi connectivity index (χ1) is 14.2. The predicted octanol–water partition coefficient (Wildman–Crippen LogP) is 2.35. The van der Waals surface area contributed by atoms with Gasteiger partial charge in [0.15, 0.2) is 0 Å². The molecule has 0 amide bonds. The summed E-state index contributed by atoms with van der Waals surface area (Å²) in [6.45, 7) is 4.68. The van der Waals surface area contributed by atoms with Crippen molar-refractivity contribution in [3.05, 3.63) is 53.9 Å². The molecule has 0 spiro atoms. The maximum absolute atomic E-state index is 13.1. The number of hydrogen-bond acceptors (Lipinski definition) is 6. The highest BCUT2D eigenvalue weighted by molar-refractivity contribution is 7.90. The molecule has 8 nitrogen and oxygen atoms in total. The van der Waals surface area contributed by atoms with Crippen LogP contribution >= 0.6 is 0 Å². The van der Waals surface area contributed by atoms with Gasteiger partial charge in [0.2, 0.25) is 10.0 Å². The number of nitrogens with zero attached hydrogens (tertiary/aromatic N) is 2. The third-order valence-electron chi connectivity index (χ3n) is 5.35. The van der Waals surface area contributed by atoms with Crippen molar-refractivity contribution in [2.45, 2.75) is 42.6 Å². The van der Waals surface area contributed by atoms with Gasteiger partial charge in [0.1, 0.15) is 6.33 Å². The SMILES string of the molecule is Cc1cc2ncn(S(=O)(=O)c3ccc(S(=O)(=O)NC[C@H]4CCCO4)cc3)c2cc1C. The molecule has 4 rings (SSSR count). The molecule has 0 bridgehead atoms. The van der Waals surface area contributed by atoms with Crippen LogP contribution in [0.1, 0.15) is 24.0 Å². The lowest BCUT2D eigenvalue weighted by Gasteiger charge is -2.12. The average Bonchev–Trinajstić information content (AvgIpc) is 3.37. The fourth-order valence-corrected chi connectivity index (χ4v) is 5.78. The first kappa shape index (κ1) is 21.0. The molecule has 1 aromatic heterocycles. The number of nitrogens with one attached hydrogen (secondary N) is 1. The van der Waals surface area contributed by atoms with E-state index in [1.165, 1.54) is 30.6 Å². The second kappa shape index (κ2) is 7.77. The highest BCUT2D eigenvalue weighted by Gasteiger charge is 2.23. The zero-order chi connectivity index (χ0) is 21.5. The van der Waals surface area contributed by atoms with E-state index in [9.17, 15) is 16.8 Å². The Hall–Kier alpha value is -2.27. The zero-order valence-corrected chi connectivity index (χ0v) is 18.3. The summed E-state index contributed by atoms with van der Waals surface area (Å²) in [5.41, 5.74) is 3.04. The quantitative estimate of drug-likeness (QED) is 0.619. The molecule has 2 heterocycles. The van der Waals surface area contributed by atoms with E-state index in [1.807, 2.05) is 19.9 Å². The molecule has 30 heavy (non-hydrogen) atoms. The first-order valence-corrected chi connectivity index (χ1v) is 12.5. The average molecular weight is 450 g/mol. The van der Waals surface area contributed by atoms with E-state index < -0.39 is 20.0 Å². The van der Waals surface area contributed by atoms with Gasteiger partial charge < -0.3 is 4.74 Å². The third-order valence-corrected chi connectivity index (χ3v) is 8.46. The molecule has 3 aromatic rings. The number of aromatic nitrogens is 2. The molecule has 1 aliphatic rings. The van der Waals surface area contributed by atoms with Crippen molar-refractivity contribution in [1.82, 2.24) is 13.7 Å². The second-order valence-corrected chi connectivity index (χ2v) is 11.0. The van der Waals surface area contributed by atoms with Crippen LogP contribution in [0.2, 0.25) is 0 Å². The molecule has 0 aliphatic carbocycles. The Bertz CT molecular complexity index is 1290. The fraction of sp³-hybridized carbons (Fsp3) is 0.350. The number of aryl methyl sites for hydroxylation is 2. The standard InChI is InChI=1S/C20H23N3O5S2/c1-14-10-19-20(11-15(14)2)23(13-21-19)30(26,27)18-7-5-17(6-8-18)29(24,25)22-12-16-4-3-9-28-16/h5-8,10-11,13,16,22H,3-4,9,12H2,1-2H3/t16-/m1/s1. The molecular weight excluding hydrogens is 426 g/mol. The lowest BCUT2D eigenvalue weighted by atomic mass is 10.1. The van der Waals surface area contributed by atoms with Gasteiger partial charge in [0.05, 0.1) is 26.9 Å². The van der Waals surface area contributed by atoms with Crippen LogP contribution in [-0.4, -0.2) is 45.0 Å². The van der Waals surface area contributed by atoms with Crippen molar-refractivity contribution in [1.29, 1.82) is 0 Å². The molecule has 1 fully saturated rings. The normalized spacial score (nSPS) is 17.6. The third kappa shape index (κ3) is 3.87. The molecule has 1 saturated heterocycles. The van der Waals surface area contributed by atoms with E-state index in [0.29, 0.717) is 17.6 Å². The second-order valence-electron chi connectivity index (χ2n) is 7.43. The van der Waals surface area contributed by atoms with E-state index in [0.717, 1.165) is 27.9 Å². The molecule has 1 atom stereocenters. The van der Waals surface area contributed by atoms with Gasteiger partial charge in [0, 0.05) is 13.2 Å². The van der Waals surface area contributed by atoms with Crippen molar-refractivity contribution in [3.8, 4) is 0 Å². The molecule has 1 aliphatic heterocycles. The Balaban J connectivity index is 1.61. The molecule has 0 saturated carbocycles. The highest BCUT2D eigenvalue weighted by atomic mass is 32.2. The smallest absolute Gasteiger partial charge is 0.269 e. The number of benzene rings is 2. The Labute approximate surface area is 176 Å². The topological polar surface area (TPSA) is 107 Å². The summed E-state index contributed by atoms with van der Waals surface area (Å²) in [4.78, 5) is 4.18. The Morgan fingerprint density at radius 3 is 2.40 bits per heavy atom. The summed E-state index contributed by atoms with van der Waals surface area (Å²) < 4.78 is 60.3. The maximum Gasteiger partial charge on any atom is 0.269 e. The van der Waals surface area contributed by atoms with Crippen LogP contribution in [0.25, 0.3) is 11.0 Å². The highest BCUT2D eigenvalue weighted by Crippen LogP contribution is 2.24. The van der Waals surface area contributed by atoms with Crippen molar-refractivity contribution in [3.63, 3.8) is 0 Å². The Kier molecular flexibility index (Phi) is 5.43. The molecule has 0 unspecified atom stereocenters. The summed E-state index contributed by atoms with van der Waals surface area (Å²) in [7, 11) is -7.67. The summed E-state index contributed by atoms with van der Waals surface area (Å²) in [6, 6.07) is 8.79. The summed E-state index contributed by atoms with van der Waals surface area (Å²) >= 11 is 0. The van der Waals surface area contributed by atoms with E-state index in [1.54, 1.807) is 6.07 Å². The van der Waals surface area contributed by atoms with Crippen LogP contribution < -0.4 is 4.72 Å². The number of imidazole rings is 1. The minimum atomic E-state index is -3.92. The lowest BCUT2D eigenvalue weighted by molar-refractivity contribution is 0.114. The number of ether oxygens (including phenoxy) is 1. The van der Waals surface area contributed by atoms with Gasteiger partial charge in [-0.25, -0.2) is 30.5 Å². The van der Waals surface area contributed by atoms with Crippen LogP contribution in [0.3, 0.4) is 0 Å². The predicted molar refractivity (Wildman–Crippen MR) is 112 cm³/mol. The van der Waals surface area contributed by atoms with Crippen LogP contribution in [0, 0.1) is 13.8 Å². The van der Waals surface area contributed by atoms with Gasteiger partial charge in [-0.15, -0.1) is 0 Å². The monoisotopic (exact) mass is 449 g/mol. The van der Waals surface area contributed by atoms with E-state index in [4.69, 9.17) is 4.74 Å². The minimum Gasteiger partial charge on any atom is -0.377 e. The van der Waals surface area contributed by atoms with Crippen LogP contribution in [0.4, 0.5) is 0 Å². The molecule has 2 aromatic carbocycles. The molecule has 10 heteroatoms. The van der Waals surface area contributed by atoms with Gasteiger partial charge in [-0.3, -0.25) is 0 Å². The number of rotatable bonds is 6. The van der Waals surface area contributed by atoms with Crippen LogP contribution in [0.5, 0.6) is 0 Å². The van der Waals surface area contributed by atoms with Gasteiger partial charge in [-0.2, -0.15) is 0 Å². The van der Waals surface area contributed by atoms with Gasteiger partial charge in [0.25, 0.3) is 10.0 Å². The van der Waals surface area contributed by atoms with Crippen molar-refractivity contribution >= 4 is 31.1 Å². The van der Waals surface area contributed by atoms with Gasteiger partial charge in [-0.1, -0.05) is 0 Å². The van der Waals surface area contributed by atoms with Gasteiger partial charge in [-0.05, 0) is 74.2 Å². The van der Waals surface area contributed by atoms with Crippen molar-refractivity contribution in [2.24, 2.45) is 0 Å². The number of fused-ring (bicyclic) bond motifs is 1. The number of hydrogen-bond donors (Lipinski definition) is 1. The molecule has 0 radical (unpaired) electrons.